The fraction of sp³-hybridized carbons (Fsp3) is 0.308. The van der Waals surface area contributed by atoms with Gasteiger partial charge in [-0.3, -0.25) is 0 Å². The summed E-state index contributed by atoms with van der Waals surface area (Å²) in [5.41, 5.74) is 2.79. The van der Waals surface area contributed by atoms with Gasteiger partial charge in [-0.15, -0.1) is 0 Å². The van der Waals surface area contributed by atoms with Gasteiger partial charge in [0.05, 0.1) is 79.3 Å². The summed E-state index contributed by atoms with van der Waals surface area (Å²) >= 11 is 0. The summed E-state index contributed by atoms with van der Waals surface area (Å²) in [5, 5.41) is 0. The maximum Gasteiger partial charge on any atom is 0.460 e. The van der Waals surface area contributed by atoms with Crippen LogP contribution in [0.15, 0.2) is 171 Å². The summed E-state index contributed by atoms with van der Waals surface area (Å²) in [6, 6.07) is 48.4. The number of para-hydroxylation sites is 6. The molecule has 6 aromatic rings. The van der Waals surface area contributed by atoms with Gasteiger partial charge in [0.1, 0.15) is 58.9 Å². The molecule has 20 heteroatoms. The Morgan fingerprint density at radius 3 is 0.819 bits per heavy atom. The number of rotatable bonds is 28. The van der Waals surface area contributed by atoms with Gasteiger partial charge in [0.25, 0.3) is 0 Å². The monoisotopic (exact) mass is 1040 g/mol. The smallest absolute Gasteiger partial charge is 0.413 e. The lowest BCUT2D eigenvalue weighted by molar-refractivity contribution is 0.103. The van der Waals surface area contributed by atoms with Crippen LogP contribution in [0.5, 0.6) is 34.5 Å². The number of nitrogens with zero attached hydrogens (tertiary/aromatic N) is 3. The molecule has 0 radical (unpaired) electrons. The molecule has 0 aliphatic carbocycles. The van der Waals surface area contributed by atoms with E-state index in [9.17, 15) is 0 Å². The molecule has 0 saturated carbocycles. The van der Waals surface area contributed by atoms with Crippen LogP contribution >= 0.6 is 23.0 Å². The lowest BCUT2D eigenvalue weighted by Crippen LogP contribution is -2.13. The van der Waals surface area contributed by atoms with Crippen LogP contribution in [0.2, 0.25) is 0 Å². The van der Waals surface area contributed by atoms with Gasteiger partial charge in [0.2, 0.25) is 0 Å². The second-order valence-corrected chi connectivity index (χ2v) is 23.4. The Kier molecular flexibility index (Phi) is 15.4. The molecule has 6 aromatic carbocycles. The van der Waals surface area contributed by atoms with Crippen molar-refractivity contribution in [2.24, 2.45) is 13.5 Å². The summed E-state index contributed by atoms with van der Waals surface area (Å²) < 4.78 is 107. The molecule has 17 nitrogen and oxygen atoms in total. The molecule has 4 unspecified atom stereocenters. The molecule has 4 saturated heterocycles. The normalized spacial score (nSPS) is 24.1. The van der Waals surface area contributed by atoms with Gasteiger partial charge in [0, 0.05) is 22.3 Å². The molecular formula is C52H54N3O14P3. The molecule has 5 aliphatic heterocycles. The third-order valence-electron chi connectivity index (χ3n) is 11.2. The Labute approximate surface area is 418 Å². The average molecular weight is 1040 g/mol. The van der Waals surface area contributed by atoms with Gasteiger partial charge >= 0.3 is 23.0 Å². The number of ether oxygens (including phenoxy) is 8. The SMILES string of the molecule is c1ccc(OP2(Oc3ccccc3)=NP(Oc3ccccc3COCC3CO3)(Oc3ccccc3COCC3CO3)=NP(Oc3ccccc3COCC3CO3)(Oc3ccccc3COCC3CO3)=N2)cc1. The van der Waals surface area contributed by atoms with Crippen LogP contribution in [0, 0.1) is 0 Å². The van der Waals surface area contributed by atoms with Crippen molar-refractivity contribution in [2.45, 2.75) is 50.8 Å². The second kappa shape index (κ2) is 22.7. The van der Waals surface area contributed by atoms with Gasteiger partial charge in [-0.1, -0.05) is 123 Å². The minimum Gasteiger partial charge on any atom is -0.413 e. The van der Waals surface area contributed by atoms with Crippen molar-refractivity contribution in [1.82, 2.24) is 0 Å². The lowest BCUT2D eigenvalue weighted by Gasteiger charge is -2.34. The van der Waals surface area contributed by atoms with E-state index in [1.165, 1.54) is 0 Å². The van der Waals surface area contributed by atoms with Crippen LogP contribution in [0.3, 0.4) is 0 Å². The first-order valence-electron chi connectivity index (χ1n) is 23.7. The number of hydrogen-bond acceptors (Lipinski definition) is 17. The van der Waals surface area contributed by atoms with Crippen LogP contribution in [-0.2, 0) is 64.3 Å². The van der Waals surface area contributed by atoms with Crippen LogP contribution < -0.4 is 27.1 Å². The summed E-state index contributed by atoms with van der Waals surface area (Å²) in [7, 11) is -12.9. The first kappa shape index (κ1) is 48.7. The molecular weight excluding hydrogens is 984 g/mol. The summed E-state index contributed by atoms with van der Waals surface area (Å²) in [6.45, 7) is 4.95. The highest BCUT2D eigenvalue weighted by Crippen LogP contribution is 2.79. The topological polar surface area (TPSA) is 180 Å². The number of hydrogen-bond donors (Lipinski definition) is 0. The van der Waals surface area contributed by atoms with E-state index in [0.717, 1.165) is 0 Å². The van der Waals surface area contributed by atoms with Crippen molar-refractivity contribution >= 4 is 23.0 Å². The van der Waals surface area contributed by atoms with E-state index < -0.39 is 23.0 Å². The lowest BCUT2D eigenvalue weighted by atomic mass is 10.2. The zero-order chi connectivity index (χ0) is 48.5. The van der Waals surface area contributed by atoms with E-state index in [1.54, 1.807) is 24.3 Å². The van der Waals surface area contributed by atoms with Gasteiger partial charge in [-0.25, -0.2) is 0 Å². The predicted octanol–water partition coefficient (Wildman–Crippen LogP) is 12.0. The van der Waals surface area contributed by atoms with Gasteiger partial charge < -0.3 is 65.0 Å². The van der Waals surface area contributed by atoms with E-state index in [0.29, 0.717) is 110 Å². The molecule has 5 aliphatic rings. The zero-order valence-corrected chi connectivity index (χ0v) is 41.9. The molecule has 0 spiro atoms. The second-order valence-electron chi connectivity index (χ2n) is 17.2. The van der Waals surface area contributed by atoms with Gasteiger partial charge in [-0.2, -0.15) is 0 Å². The van der Waals surface area contributed by atoms with Crippen LogP contribution in [0.25, 0.3) is 0 Å². The number of benzene rings is 6. The quantitative estimate of drug-likeness (QED) is 0.0334. The first-order chi connectivity index (χ1) is 35.5. The van der Waals surface area contributed by atoms with Crippen LogP contribution in [0.1, 0.15) is 22.3 Å². The van der Waals surface area contributed by atoms with E-state index in [-0.39, 0.29) is 50.8 Å². The third kappa shape index (κ3) is 13.6. The van der Waals surface area contributed by atoms with Crippen LogP contribution in [0.4, 0.5) is 0 Å². The molecule has 72 heavy (non-hydrogen) atoms. The van der Waals surface area contributed by atoms with Crippen molar-refractivity contribution in [3.8, 4) is 34.5 Å². The molecule has 0 bridgehead atoms. The average Bonchev–Trinajstić information content (AvgIpc) is 4.15. The molecule has 376 valence electrons. The summed E-state index contributed by atoms with van der Waals surface area (Å²) in [6.07, 6.45) is 0.154. The molecule has 0 aromatic heterocycles. The Hall–Kier alpha value is -5.51. The van der Waals surface area contributed by atoms with Crippen molar-refractivity contribution in [1.29, 1.82) is 0 Å². The van der Waals surface area contributed by atoms with Crippen molar-refractivity contribution < 1.29 is 65.0 Å². The van der Waals surface area contributed by atoms with Gasteiger partial charge in [-0.05, 0) is 48.5 Å². The standard InChI is InChI=1S/C52H54N3O14P3/c1-3-19-43(20-4-1)64-70(65-44-21-5-2-6-22-44)53-71(66-49-23-11-7-15-39(49)27-56-31-45-35-60-45,67-50-24-12-8-16-40(50)28-57-32-46-36-61-46)55-72(54-70,68-51-25-13-9-17-41(51)29-58-33-47-37-62-47)69-52-26-14-10-18-42(52)30-59-34-48-38-63-48/h1-26,45-48H,27-38H2. The highest BCUT2D eigenvalue weighted by atomic mass is 31.3. The van der Waals surface area contributed by atoms with Crippen molar-refractivity contribution in [2.75, 3.05) is 52.9 Å². The fourth-order valence-corrected chi connectivity index (χ4v) is 16.4. The first-order valence-corrected chi connectivity index (χ1v) is 28.3. The predicted molar refractivity (Wildman–Crippen MR) is 268 cm³/mol. The maximum atomic E-state index is 7.36. The summed E-state index contributed by atoms with van der Waals surface area (Å²) in [4.78, 5) is 0. The Bertz CT molecular complexity index is 2640. The highest BCUT2D eigenvalue weighted by molar-refractivity contribution is 7.79. The third-order valence-corrected chi connectivity index (χ3v) is 19.3. The maximum absolute atomic E-state index is 7.36. The molecule has 0 amide bonds. The number of epoxide rings is 4. The molecule has 4 atom stereocenters. The van der Waals surface area contributed by atoms with E-state index in [4.69, 9.17) is 78.6 Å². The van der Waals surface area contributed by atoms with E-state index >= 15 is 0 Å². The molecule has 11 rings (SSSR count). The highest BCUT2D eigenvalue weighted by Gasteiger charge is 2.50. The van der Waals surface area contributed by atoms with E-state index in [2.05, 4.69) is 0 Å². The van der Waals surface area contributed by atoms with Gasteiger partial charge in [0.15, 0.2) is 0 Å². The minimum absolute atomic E-state index is 0.0384. The largest absolute Gasteiger partial charge is 0.460 e. The van der Waals surface area contributed by atoms with E-state index in [1.807, 2.05) is 133 Å². The van der Waals surface area contributed by atoms with Crippen molar-refractivity contribution in [3.63, 3.8) is 0 Å². The minimum atomic E-state index is -4.34. The Morgan fingerprint density at radius 2 is 0.556 bits per heavy atom. The Morgan fingerprint density at radius 1 is 0.319 bits per heavy atom. The molecule has 0 N–H and O–H groups in total. The molecule has 4 fully saturated rings. The molecule has 5 heterocycles. The zero-order valence-electron chi connectivity index (χ0n) is 39.2. The Balaban J connectivity index is 1.14. The summed E-state index contributed by atoms with van der Waals surface area (Å²) in [5.74, 6) is 2.29. The van der Waals surface area contributed by atoms with Crippen LogP contribution in [-0.4, -0.2) is 77.3 Å². The fourth-order valence-electron chi connectivity index (χ4n) is 7.21. The van der Waals surface area contributed by atoms with Crippen molar-refractivity contribution in [3.05, 3.63) is 180 Å².